The van der Waals surface area contributed by atoms with Crippen LogP contribution in [0.3, 0.4) is 0 Å². The van der Waals surface area contributed by atoms with Crippen LogP contribution < -0.4 is 28.4 Å². The molecule has 0 bridgehead atoms. The molecular formula is C86H114O6S2. The van der Waals surface area contributed by atoms with Gasteiger partial charge >= 0.3 is 0 Å². The van der Waals surface area contributed by atoms with Crippen LogP contribution in [-0.4, -0.2) is 39.6 Å². The fourth-order valence-corrected chi connectivity index (χ4v) is 12.3. The minimum Gasteiger partial charge on any atom is -0.492 e. The highest BCUT2D eigenvalue weighted by molar-refractivity contribution is 7.13. The summed E-state index contributed by atoms with van der Waals surface area (Å²) >= 11 is 3.13. The summed E-state index contributed by atoms with van der Waals surface area (Å²) in [7, 11) is 0. The SMILES string of the molecule is C#Cc1cc(OCCCCCCCC)c(C#Cc2ccc(C#Cc3cc(OCCCCCCCC)c(C#Cc4ccc(C#Cc5cc(OCCCCCCCC)c(C#C)cc5OCCCCCCCC)s4)cc3OCCCCCCCC)s2)cc1OCCCCCCCC. The minimum absolute atomic E-state index is 0.583. The number of terminal acetylenes is 2. The summed E-state index contributed by atoms with van der Waals surface area (Å²) in [6.07, 6.45) is 54.5. The predicted octanol–water partition coefficient (Wildman–Crippen LogP) is 23.8. The molecule has 506 valence electrons. The van der Waals surface area contributed by atoms with Gasteiger partial charge in [0.1, 0.15) is 34.5 Å². The van der Waals surface area contributed by atoms with Gasteiger partial charge in [0.05, 0.1) is 92.5 Å². The van der Waals surface area contributed by atoms with Crippen molar-refractivity contribution in [1.29, 1.82) is 0 Å². The van der Waals surface area contributed by atoms with Crippen LogP contribution in [0.1, 0.15) is 326 Å². The first-order valence-electron chi connectivity index (χ1n) is 36.9. The Hall–Kier alpha value is -6.78. The highest BCUT2D eigenvalue weighted by Crippen LogP contribution is 2.33. The molecule has 5 aromatic rings. The minimum atomic E-state index is 0.583. The first-order chi connectivity index (χ1) is 46.4. The van der Waals surface area contributed by atoms with Gasteiger partial charge < -0.3 is 28.4 Å². The molecule has 0 aliphatic heterocycles. The number of hydrogen-bond donors (Lipinski definition) is 0. The molecule has 2 heterocycles. The van der Waals surface area contributed by atoms with E-state index < -0.39 is 0 Å². The van der Waals surface area contributed by atoms with Gasteiger partial charge in [0.15, 0.2) is 0 Å². The van der Waals surface area contributed by atoms with Crippen molar-refractivity contribution in [2.45, 2.75) is 273 Å². The highest BCUT2D eigenvalue weighted by Gasteiger charge is 2.15. The van der Waals surface area contributed by atoms with E-state index in [-0.39, 0.29) is 0 Å². The maximum absolute atomic E-state index is 6.68. The van der Waals surface area contributed by atoms with Gasteiger partial charge in [-0.05, 0) is 62.8 Å². The maximum Gasteiger partial charge on any atom is 0.136 e. The third kappa shape index (κ3) is 32.1. The van der Waals surface area contributed by atoms with E-state index in [1.165, 1.54) is 154 Å². The van der Waals surface area contributed by atoms with E-state index in [1.807, 2.05) is 60.7 Å². The van der Waals surface area contributed by atoms with E-state index >= 15 is 0 Å². The average Bonchev–Trinajstić information content (AvgIpc) is 1.00. The van der Waals surface area contributed by atoms with Crippen LogP contribution in [0, 0.1) is 72.1 Å². The summed E-state index contributed by atoms with van der Waals surface area (Å²) in [6, 6.07) is 20.0. The Labute approximate surface area is 580 Å². The van der Waals surface area contributed by atoms with Crippen LogP contribution in [0.15, 0.2) is 60.7 Å². The first kappa shape index (κ1) is 77.9. The molecule has 3 aromatic carbocycles. The molecule has 0 saturated heterocycles. The quantitative estimate of drug-likeness (QED) is 0.0286. The van der Waals surface area contributed by atoms with Gasteiger partial charge in [-0.2, -0.15) is 0 Å². The fourth-order valence-electron chi connectivity index (χ4n) is 10.9. The number of hydrogen-bond acceptors (Lipinski definition) is 8. The summed E-state index contributed by atoms with van der Waals surface area (Å²) in [5.74, 6) is 37.6. The van der Waals surface area contributed by atoms with Crippen molar-refractivity contribution in [2.24, 2.45) is 0 Å². The maximum atomic E-state index is 6.68. The summed E-state index contributed by atoms with van der Waals surface area (Å²) in [5, 5.41) is 0. The summed E-state index contributed by atoms with van der Waals surface area (Å²) < 4.78 is 38.9. The smallest absolute Gasteiger partial charge is 0.136 e. The summed E-state index contributed by atoms with van der Waals surface area (Å²) in [4.78, 5) is 3.58. The van der Waals surface area contributed by atoms with E-state index in [0.717, 1.165) is 119 Å². The molecule has 0 spiro atoms. The third-order valence-electron chi connectivity index (χ3n) is 16.6. The molecule has 0 fully saturated rings. The van der Waals surface area contributed by atoms with Gasteiger partial charge in [0.25, 0.3) is 0 Å². The lowest BCUT2D eigenvalue weighted by Gasteiger charge is -2.14. The number of thiophene rings is 2. The predicted molar refractivity (Wildman–Crippen MR) is 401 cm³/mol. The lowest BCUT2D eigenvalue weighted by Crippen LogP contribution is -2.03. The molecule has 0 N–H and O–H groups in total. The molecule has 2 aromatic heterocycles. The van der Waals surface area contributed by atoms with Gasteiger partial charge in [0.2, 0.25) is 0 Å². The molecule has 94 heavy (non-hydrogen) atoms. The van der Waals surface area contributed by atoms with Crippen LogP contribution in [0.5, 0.6) is 34.5 Å². The Bertz CT molecular complexity index is 3040. The summed E-state index contributed by atoms with van der Waals surface area (Å²) in [6.45, 7) is 17.1. The van der Waals surface area contributed by atoms with Crippen LogP contribution >= 0.6 is 22.7 Å². The topological polar surface area (TPSA) is 55.4 Å². The second-order valence-corrected chi connectivity index (χ2v) is 27.0. The lowest BCUT2D eigenvalue weighted by atomic mass is 10.1. The van der Waals surface area contributed by atoms with Crippen LogP contribution in [-0.2, 0) is 0 Å². The first-order valence-corrected chi connectivity index (χ1v) is 38.5. The Morgan fingerprint density at radius 3 is 0.596 bits per heavy atom. The summed E-state index contributed by atoms with van der Waals surface area (Å²) in [5.41, 5.74) is 4.44. The average molecular weight is 1310 g/mol. The van der Waals surface area contributed by atoms with Crippen LogP contribution in [0.25, 0.3) is 0 Å². The van der Waals surface area contributed by atoms with Crippen molar-refractivity contribution in [2.75, 3.05) is 39.6 Å². The van der Waals surface area contributed by atoms with Crippen LogP contribution in [0.2, 0.25) is 0 Å². The highest BCUT2D eigenvalue weighted by atomic mass is 32.1. The molecule has 6 nitrogen and oxygen atoms in total. The van der Waals surface area contributed by atoms with Gasteiger partial charge in [0, 0.05) is 36.4 Å². The molecule has 8 heteroatoms. The molecule has 0 aliphatic rings. The number of benzene rings is 3. The largest absolute Gasteiger partial charge is 0.492 e. The fraction of sp³-hybridized carbons (Fsp3) is 0.558. The van der Waals surface area contributed by atoms with Crippen molar-refractivity contribution in [3.05, 3.63) is 114 Å². The van der Waals surface area contributed by atoms with Gasteiger partial charge in [-0.25, -0.2) is 0 Å². The molecule has 0 atom stereocenters. The third-order valence-corrected chi connectivity index (χ3v) is 18.4. The zero-order chi connectivity index (χ0) is 66.7. The Morgan fingerprint density at radius 1 is 0.234 bits per heavy atom. The Kier molecular flexibility index (Phi) is 42.0. The van der Waals surface area contributed by atoms with E-state index in [4.69, 9.17) is 41.3 Å². The molecule has 5 rings (SSSR count). The molecule has 0 radical (unpaired) electrons. The van der Waals surface area contributed by atoms with E-state index in [0.29, 0.717) is 85.3 Å². The molecular weight excluding hydrogens is 1190 g/mol. The Balaban J connectivity index is 1.46. The number of ether oxygens (including phenoxy) is 6. The van der Waals surface area contributed by atoms with Crippen molar-refractivity contribution in [3.8, 4) is 107 Å². The number of unbranched alkanes of at least 4 members (excludes halogenated alkanes) is 30. The molecule has 0 aliphatic carbocycles. The number of rotatable bonds is 48. The van der Waals surface area contributed by atoms with Gasteiger partial charge in [-0.1, -0.05) is 293 Å². The molecule has 0 amide bonds. The van der Waals surface area contributed by atoms with Crippen molar-refractivity contribution < 1.29 is 28.4 Å². The molecule has 0 unspecified atom stereocenters. The zero-order valence-corrected chi connectivity index (χ0v) is 60.5. The van der Waals surface area contributed by atoms with Gasteiger partial charge in [-0.15, -0.1) is 35.5 Å². The zero-order valence-electron chi connectivity index (χ0n) is 58.9. The Morgan fingerprint density at radius 2 is 0.404 bits per heavy atom. The normalized spacial score (nSPS) is 10.6. The molecule has 0 saturated carbocycles. The van der Waals surface area contributed by atoms with Gasteiger partial charge in [-0.3, -0.25) is 0 Å². The van der Waals surface area contributed by atoms with E-state index in [2.05, 4.69) is 101 Å². The second kappa shape index (κ2) is 50.6. The van der Waals surface area contributed by atoms with E-state index in [9.17, 15) is 0 Å². The standard InChI is InChI=1S/C86H114O6S2/c1-9-17-23-29-35-41-59-87-81-67-73(83(65-71(81)15-7)89-61-43-37-31-25-19-11-3)47-51-77-55-57-79(93-77)53-49-75-69-86(92-64-46-40-34-28-22-14-6)76(70-85(75)91-63-45-39-33-27-21-13-5)50-54-80-58-56-78(94-80)52-48-74-68-82(88-60-42-36-30-24-18-10-2)72(16-8)66-84(74)90-62-44-38-32-26-20-12-4/h7-8,55-58,65-70H,9-14,17-46,59-64H2,1-6H3. The monoisotopic (exact) mass is 1310 g/mol. The van der Waals surface area contributed by atoms with Crippen molar-refractivity contribution in [3.63, 3.8) is 0 Å². The second-order valence-electron chi connectivity index (χ2n) is 24.8. The van der Waals surface area contributed by atoms with Crippen LogP contribution in [0.4, 0.5) is 0 Å². The van der Waals surface area contributed by atoms with E-state index in [1.54, 1.807) is 22.7 Å². The van der Waals surface area contributed by atoms with Crippen molar-refractivity contribution in [1.82, 2.24) is 0 Å². The lowest BCUT2D eigenvalue weighted by molar-refractivity contribution is 0.295. The van der Waals surface area contributed by atoms with Crippen molar-refractivity contribution >= 4 is 22.7 Å².